The monoisotopic (exact) mass is 340 g/mol. The first kappa shape index (κ1) is 16.5. The molecule has 124 valence electrons. The number of benzene rings is 2. The summed E-state index contributed by atoms with van der Waals surface area (Å²) in [5.74, 6) is 2.36. The second-order valence-corrected chi connectivity index (χ2v) is 6.24. The van der Waals surface area contributed by atoms with Crippen LogP contribution in [0.25, 0.3) is 5.70 Å². The summed E-state index contributed by atoms with van der Waals surface area (Å²) in [4.78, 5) is 4.81. The van der Waals surface area contributed by atoms with Crippen LogP contribution in [0.1, 0.15) is 22.3 Å². The minimum absolute atomic E-state index is 0.743. The number of amidine groups is 1. The molecule has 0 bridgehead atoms. The molecule has 1 aliphatic rings. The van der Waals surface area contributed by atoms with E-state index in [9.17, 15) is 0 Å². The first-order valence-electron chi connectivity index (χ1n) is 7.63. The van der Waals surface area contributed by atoms with E-state index in [2.05, 4.69) is 36.8 Å². The summed E-state index contributed by atoms with van der Waals surface area (Å²) in [5, 5.41) is 1.99. The minimum atomic E-state index is 0.743. The first-order chi connectivity index (χ1) is 11.6. The molecule has 0 saturated carbocycles. The number of nitrogens with one attached hydrogen (secondary N) is 1. The number of aliphatic imine (C=N–C) groups is 1. The van der Waals surface area contributed by atoms with Gasteiger partial charge in [0.2, 0.25) is 0 Å². The zero-order valence-electron chi connectivity index (χ0n) is 14.2. The van der Waals surface area contributed by atoms with Crippen molar-refractivity contribution < 1.29 is 9.47 Å². The van der Waals surface area contributed by atoms with Crippen LogP contribution in [0, 0.1) is 13.8 Å². The lowest BCUT2D eigenvalue weighted by atomic mass is 10.0. The van der Waals surface area contributed by atoms with Crippen molar-refractivity contribution in [3.05, 3.63) is 64.1 Å². The minimum Gasteiger partial charge on any atom is -0.497 e. The number of ether oxygens (including phenoxy) is 2. The van der Waals surface area contributed by atoms with Crippen molar-refractivity contribution in [3.63, 3.8) is 0 Å². The number of aryl methyl sites for hydroxylation is 2. The second-order valence-electron chi connectivity index (χ2n) is 5.57. The van der Waals surface area contributed by atoms with Gasteiger partial charge in [-0.25, -0.2) is 4.99 Å². The first-order valence-corrected chi connectivity index (χ1v) is 8.51. The van der Waals surface area contributed by atoms with Gasteiger partial charge in [0.05, 0.1) is 19.9 Å². The standard InChI is InChI=1S/C19H20N2O2S/c1-12-5-6-13(2)16(9-12)19-20-17(11-24-21-19)15-8-7-14(22-3)10-18(15)23-4/h5-11H,1-4H3,(H,20,21). The van der Waals surface area contributed by atoms with Crippen molar-refractivity contribution in [2.45, 2.75) is 13.8 Å². The molecule has 0 aliphatic carbocycles. The number of hydrogen-bond acceptors (Lipinski definition) is 5. The molecule has 24 heavy (non-hydrogen) atoms. The van der Waals surface area contributed by atoms with Crippen LogP contribution < -0.4 is 14.2 Å². The Bertz CT molecular complexity index is 828. The molecule has 1 aliphatic heterocycles. The number of methoxy groups -OCH3 is 2. The van der Waals surface area contributed by atoms with Crippen molar-refractivity contribution in [1.29, 1.82) is 0 Å². The molecule has 1 heterocycles. The molecule has 0 radical (unpaired) electrons. The normalized spacial score (nSPS) is 13.7. The molecule has 0 amide bonds. The molecule has 0 fully saturated rings. The van der Waals surface area contributed by atoms with E-state index in [1.54, 1.807) is 14.2 Å². The summed E-state index contributed by atoms with van der Waals surface area (Å²) < 4.78 is 14.1. The molecule has 0 unspecified atom stereocenters. The van der Waals surface area contributed by atoms with Crippen LogP contribution in [0.15, 0.2) is 46.8 Å². The van der Waals surface area contributed by atoms with Crippen LogP contribution in [0.4, 0.5) is 0 Å². The Labute approximate surface area is 146 Å². The molecule has 0 aromatic heterocycles. The van der Waals surface area contributed by atoms with Crippen LogP contribution in [0.2, 0.25) is 0 Å². The lowest BCUT2D eigenvalue weighted by molar-refractivity contribution is 0.393. The summed E-state index contributed by atoms with van der Waals surface area (Å²) in [7, 11) is 3.30. The molecule has 0 atom stereocenters. The highest BCUT2D eigenvalue weighted by molar-refractivity contribution is 8.01. The van der Waals surface area contributed by atoms with Gasteiger partial charge in [-0.05, 0) is 49.6 Å². The van der Waals surface area contributed by atoms with E-state index in [0.717, 1.165) is 34.2 Å². The number of nitrogens with zero attached hydrogens (tertiary/aromatic N) is 1. The summed E-state index contributed by atoms with van der Waals surface area (Å²) in [6, 6.07) is 12.1. The number of rotatable bonds is 4. The van der Waals surface area contributed by atoms with E-state index in [4.69, 9.17) is 14.5 Å². The van der Waals surface area contributed by atoms with Gasteiger partial charge in [0.1, 0.15) is 17.3 Å². The summed E-state index contributed by atoms with van der Waals surface area (Å²) in [5.41, 5.74) is 5.32. The van der Waals surface area contributed by atoms with E-state index in [1.807, 2.05) is 23.6 Å². The zero-order valence-corrected chi connectivity index (χ0v) is 15.0. The Morgan fingerprint density at radius 2 is 1.79 bits per heavy atom. The van der Waals surface area contributed by atoms with E-state index in [0.29, 0.717) is 0 Å². The molecule has 0 saturated heterocycles. The van der Waals surface area contributed by atoms with Crippen molar-refractivity contribution in [2.75, 3.05) is 14.2 Å². The highest BCUT2D eigenvalue weighted by Gasteiger charge is 2.16. The van der Waals surface area contributed by atoms with Gasteiger partial charge < -0.3 is 14.2 Å². The fraction of sp³-hybridized carbons (Fsp3) is 0.211. The Balaban J connectivity index is 2.02. The van der Waals surface area contributed by atoms with Gasteiger partial charge in [0, 0.05) is 22.6 Å². The van der Waals surface area contributed by atoms with Gasteiger partial charge in [-0.3, -0.25) is 0 Å². The maximum atomic E-state index is 5.51. The van der Waals surface area contributed by atoms with Crippen LogP contribution in [0.5, 0.6) is 11.5 Å². The van der Waals surface area contributed by atoms with Gasteiger partial charge in [-0.2, -0.15) is 0 Å². The van der Waals surface area contributed by atoms with Crippen LogP contribution in [-0.4, -0.2) is 20.1 Å². The second kappa shape index (κ2) is 7.01. The van der Waals surface area contributed by atoms with E-state index in [-0.39, 0.29) is 0 Å². The number of hydrogen-bond donors (Lipinski definition) is 1. The zero-order chi connectivity index (χ0) is 17.1. The van der Waals surface area contributed by atoms with Crippen LogP contribution >= 0.6 is 11.9 Å². The highest BCUT2D eigenvalue weighted by atomic mass is 32.2. The summed E-state index contributed by atoms with van der Waals surface area (Å²) in [6.07, 6.45) is 0. The third-order valence-corrected chi connectivity index (χ3v) is 4.54. The van der Waals surface area contributed by atoms with Crippen LogP contribution in [0.3, 0.4) is 0 Å². The molecule has 0 spiro atoms. The molecular weight excluding hydrogens is 320 g/mol. The van der Waals surface area contributed by atoms with Crippen molar-refractivity contribution in [2.24, 2.45) is 4.99 Å². The SMILES string of the molecule is COc1ccc(C2=CSNC(c3cc(C)ccc3C)=N2)c(OC)c1. The smallest absolute Gasteiger partial charge is 0.144 e. The third-order valence-electron chi connectivity index (χ3n) is 3.89. The predicted molar refractivity (Wildman–Crippen MR) is 101 cm³/mol. The third kappa shape index (κ3) is 3.26. The Kier molecular flexibility index (Phi) is 4.81. The van der Waals surface area contributed by atoms with Gasteiger partial charge in [-0.15, -0.1) is 0 Å². The average molecular weight is 340 g/mol. The highest BCUT2D eigenvalue weighted by Crippen LogP contribution is 2.33. The predicted octanol–water partition coefficient (Wildman–Crippen LogP) is 4.32. The molecule has 3 rings (SSSR count). The van der Waals surface area contributed by atoms with Gasteiger partial charge >= 0.3 is 0 Å². The molecular formula is C19H20N2O2S. The molecule has 4 nitrogen and oxygen atoms in total. The Morgan fingerprint density at radius 3 is 2.54 bits per heavy atom. The van der Waals surface area contributed by atoms with Gasteiger partial charge in [0.15, 0.2) is 0 Å². The molecule has 1 N–H and O–H groups in total. The van der Waals surface area contributed by atoms with E-state index in [1.165, 1.54) is 23.1 Å². The van der Waals surface area contributed by atoms with Crippen molar-refractivity contribution in [3.8, 4) is 11.5 Å². The van der Waals surface area contributed by atoms with Gasteiger partial charge in [0.25, 0.3) is 0 Å². The maximum Gasteiger partial charge on any atom is 0.144 e. The molecule has 2 aromatic carbocycles. The topological polar surface area (TPSA) is 42.8 Å². The van der Waals surface area contributed by atoms with E-state index < -0.39 is 0 Å². The molecule has 2 aromatic rings. The fourth-order valence-electron chi connectivity index (χ4n) is 2.55. The largest absolute Gasteiger partial charge is 0.497 e. The van der Waals surface area contributed by atoms with E-state index >= 15 is 0 Å². The summed E-state index contributed by atoms with van der Waals surface area (Å²) in [6.45, 7) is 4.18. The average Bonchev–Trinajstić information content (AvgIpc) is 2.63. The van der Waals surface area contributed by atoms with Crippen molar-refractivity contribution >= 4 is 23.5 Å². The van der Waals surface area contributed by atoms with Gasteiger partial charge in [-0.1, -0.05) is 17.7 Å². The quantitative estimate of drug-likeness (QED) is 0.842. The van der Waals surface area contributed by atoms with Crippen LogP contribution in [-0.2, 0) is 0 Å². The van der Waals surface area contributed by atoms with Crippen molar-refractivity contribution in [1.82, 2.24) is 4.72 Å². The molecule has 5 heteroatoms. The lowest BCUT2D eigenvalue weighted by Gasteiger charge is -2.18. The summed E-state index contributed by atoms with van der Waals surface area (Å²) >= 11 is 1.51. The Morgan fingerprint density at radius 1 is 0.958 bits per heavy atom. The lowest BCUT2D eigenvalue weighted by Crippen LogP contribution is -2.20. The maximum absolute atomic E-state index is 5.51. The fourth-order valence-corrected chi connectivity index (χ4v) is 3.17. The Hall–Kier alpha value is -2.40.